The number of nitrogens with one attached hydrogen (secondary N) is 1. The summed E-state index contributed by atoms with van der Waals surface area (Å²) >= 11 is 2.46. The Morgan fingerprint density at radius 1 is 1.32 bits per heavy atom. The second-order valence-electron chi connectivity index (χ2n) is 5.81. The average molecular weight is 372 g/mol. The van der Waals surface area contributed by atoms with Crippen molar-refractivity contribution in [2.45, 2.75) is 52.0 Å². The summed E-state index contributed by atoms with van der Waals surface area (Å²) in [4.78, 5) is 0. The van der Waals surface area contributed by atoms with E-state index in [1.807, 2.05) is 0 Å². The molecular weight excluding hydrogens is 347 g/mol. The van der Waals surface area contributed by atoms with Crippen LogP contribution in [-0.4, -0.2) is 0 Å². The fourth-order valence-corrected chi connectivity index (χ4v) is 4.01. The van der Waals surface area contributed by atoms with Gasteiger partial charge in [-0.1, -0.05) is 44.4 Å². The Kier molecular flexibility index (Phi) is 5.66. The van der Waals surface area contributed by atoms with Gasteiger partial charge in [0.15, 0.2) is 0 Å². The molecule has 2 nitrogen and oxygen atoms in total. The van der Waals surface area contributed by atoms with Crippen LogP contribution in [0.3, 0.4) is 0 Å². The Labute approximate surface area is 130 Å². The van der Waals surface area contributed by atoms with Gasteiger partial charge in [-0.2, -0.15) is 0 Å². The van der Waals surface area contributed by atoms with Crippen molar-refractivity contribution in [1.29, 1.82) is 0 Å². The highest BCUT2D eigenvalue weighted by atomic mass is 127. The fraction of sp³-hybridized carbons (Fsp3) is 0.625. The molecule has 1 atom stereocenters. The van der Waals surface area contributed by atoms with E-state index in [0.717, 1.165) is 5.92 Å². The van der Waals surface area contributed by atoms with Crippen LogP contribution in [0.5, 0.6) is 0 Å². The predicted molar refractivity (Wildman–Crippen MR) is 89.7 cm³/mol. The van der Waals surface area contributed by atoms with E-state index in [-0.39, 0.29) is 0 Å². The monoisotopic (exact) mass is 372 g/mol. The minimum atomic E-state index is 0.310. The third-order valence-corrected chi connectivity index (χ3v) is 6.15. The molecule has 1 fully saturated rings. The van der Waals surface area contributed by atoms with Gasteiger partial charge in [-0.25, -0.2) is 0 Å². The Morgan fingerprint density at radius 3 is 2.58 bits per heavy atom. The Bertz CT molecular complexity index is 411. The summed E-state index contributed by atoms with van der Waals surface area (Å²) < 4.78 is 1.36. The van der Waals surface area contributed by atoms with Crippen LogP contribution >= 0.6 is 22.6 Å². The molecule has 0 bridgehead atoms. The number of benzene rings is 1. The quantitative estimate of drug-likeness (QED) is 0.469. The summed E-state index contributed by atoms with van der Waals surface area (Å²) in [7, 11) is 0. The fourth-order valence-electron chi connectivity index (χ4n) is 3.32. The summed E-state index contributed by atoms with van der Waals surface area (Å²) in [5.41, 5.74) is 5.81. The summed E-state index contributed by atoms with van der Waals surface area (Å²) in [6.45, 7) is 4.49. The number of aryl methyl sites for hydroxylation is 1. The molecule has 3 N–H and O–H groups in total. The second-order valence-corrected chi connectivity index (χ2v) is 6.89. The minimum absolute atomic E-state index is 0.310. The topological polar surface area (TPSA) is 38.0 Å². The molecule has 0 radical (unpaired) electrons. The highest BCUT2D eigenvalue weighted by molar-refractivity contribution is 14.1. The van der Waals surface area contributed by atoms with Gasteiger partial charge in [0.2, 0.25) is 0 Å². The lowest BCUT2D eigenvalue weighted by molar-refractivity contribution is 0.219. The molecule has 1 aliphatic carbocycles. The second kappa shape index (κ2) is 7.04. The molecule has 3 heteroatoms. The predicted octanol–water partition coefficient (Wildman–Crippen LogP) is 4.32. The van der Waals surface area contributed by atoms with Gasteiger partial charge < -0.3 is 0 Å². The Balaban J connectivity index is 2.14. The van der Waals surface area contributed by atoms with Gasteiger partial charge >= 0.3 is 0 Å². The van der Waals surface area contributed by atoms with Gasteiger partial charge in [0.1, 0.15) is 0 Å². The van der Waals surface area contributed by atoms with Gasteiger partial charge in [-0.15, -0.1) is 0 Å². The Hall–Kier alpha value is -0.130. The van der Waals surface area contributed by atoms with E-state index in [1.165, 1.54) is 46.8 Å². The maximum Gasteiger partial charge on any atom is 0.0498 e. The lowest BCUT2D eigenvalue weighted by atomic mass is 9.76. The number of rotatable bonds is 4. The molecule has 2 rings (SSSR count). The van der Waals surface area contributed by atoms with Crippen LogP contribution in [-0.2, 0) is 0 Å². The molecule has 19 heavy (non-hydrogen) atoms. The third-order valence-electron chi connectivity index (χ3n) is 4.68. The normalized spacial score (nSPS) is 25.3. The first kappa shape index (κ1) is 15.3. The maximum absolute atomic E-state index is 5.87. The third kappa shape index (κ3) is 3.50. The molecule has 1 aromatic rings. The number of nitrogens with two attached hydrogens (primary N) is 1. The summed E-state index contributed by atoms with van der Waals surface area (Å²) in [6.07, 6.45) is 6.66. The van der Waals surface area contributed by atoms with E-state index in [9.17, 15) is 0 Å². The van der Waals surface area contributed by atoms with Crippen molar-refractivity contribution < 1.29 is 0 Å². The lowest BCUT2D eigenvalue weighted by Gasteiger charge is -2.34. The van der Waals surface area contributed by atoms with Gasteiger partial charge in [-0.05, 0) is 65.3 Å². The molecule has 0 spiro atoms. The van der Waals surface area contributed by atoms with Gasteiger partial charge in [0.05, 0.1) is 0 Å². The highest BCUT2D eigenvalue weighted by Crippen LogP contribution is 2.39. The molecule has 1 aliphatic rings. The van der Waals surface area contributed by atoms with E-state index in [0.29, 0.717) is 12.0 Å². The van der Waals surface area contributed by atoms with Crippen molar-refractivity contribution in [2.24, 2.45) is 17.7 Å². The summed E-state index contributed by atoms with van der Waals surface area (Å²) in [6, 6.07) is 6.86. The molecule has 0 saturated heterocycles. The summed E-state index contributed by atoms with van der Waals surface area (Å²) in [5, 5.41) is 0. The van der Waals surface area contributed by atoms with Crippen LogP contribution in [0.15, 0.2) is 18.2 Å². The van der Waals surface area contributed by atoms with Gasteiger partial charge in [-0.3, -0.25) is 11.3 Å². The van der Waals surface area contributed by atoms with E-state index >= 15 is 0 Å². The lowest BCUT2D eigenvalue weighted by Crippen LogP contribution is -2.36. The first-order chi connectivity index (χ1) is 9.17. The molecule has 0 heterocycles. The van der Waals surface area contributed by atoms with Crippen molar-refractivity contribution in [3.05, 3.63) is 32.9 Å². The van der Waals surface area contributed by atoms with Crippen LogP contribution in [0.2, 0.25) is 0 Å². The molecule has 1 aromatic carbocycles. The van der Waals surface area contributed by atoms with Gasteiger partial charge in [0, 0.05) is 9.61 Å². The molecule has 0 amide bonds. The number of hydrogen-bond donors (Lipinski definition) is 2. The zero-order valence-electron chi connectivity index (χ0n) is 12.0. The van der Waals surface area contributed by atoms with Crippen LogP contribution in [0.25, 0.3) is 0 Å². The van der Waals surface area contributed by atoms with E-state index in [4.69, 9.17) is 5.84 Å². The Morgan fingerprint density at radius 2 is 2.00 bits per heavy atom. The molecule has 1 saturated carbocycles. The molecule has 0 aliphatic heterocycles. The zero-order chi connectivity index (χ0) is 13.8. The minimum Gasteiger partial charge on any atom is -0.271 e. The van der Waals surface area contributed by atoms with Gasteiger partial charge in [0.25, 0.3) is 0 Å². The SMILES string of the molecule is CCC1CCC(C(NN)c2cccc(C)c2I)CC1. The van der Waals surface area contributed by atoms with Crippen molar-refractivity contribution in [3.8, 4) is 0 Å². The molecule has 1 unspecified atom stereocenters. The van der Waals surface area contributed by atoms with E-state index in [2.05, 4.69) is 60.1 Å². The molecule has 106 valence electrons. The maximum atomic E-state index is 5.87. The van der Waals surface area contributed by atoms with Crippen molar-refractivity contribution >= 4 is 22.6 Å². The zero-order valence-corrected chi connectivity index (χ0v) is 14.1. The first-order valence-electron chi connectivity index (χ1n) is 7.38. The van der Waals surface area contributed by atoms with Crippen LogP contribution in [0.4, 0.5) is 0 Å². The number of halogens is 1. The molecule has 0 aromatic heterocycles. The van der Waals surface area contributed by atoms with Crippen LogP contribution in [0, 0.1) is 22.3 Å². The van der Waals surface area contributed by atoms with Crippen LogP contribution < -0.4 is 11.3 Å². The van der Waals surface area contributed by atoms with Crippen LogP contribution in [0.1, 0.15) is 56.2 Å². The number of hydrogen-bond acceptors (Lipinski definition) is 2. The average Bonchev–Trinajstić information content (AvgIpc) is 2.45. The smallest absolute Gasteiger partial charge is 0.0498 e. The van der Waals surface area contributed by atoms with Crippen molar-refractivity contribution in [3.63, 3.8) is 0 Å². The highest BCUT2D eigenvalue weighted by Gasteiger charge is 2.28. The number of hydrazine groups is 1. The summed E-state index contributed by atoms with van der Waals surface area (Å²) in [5.74, 6) is 7.49. The van der Waals surface area contributed by atoms with E-state index in [1.54, 1.807) is 0 Å². The van der Waals surface area contributed by atoms with Crippen molar-refractivity contribution in [1.82, 2.24) is 5.43 Å². The molecular formula is C16H25IN2. The van der Waals surface area contributed by atoms with Crippen molar-refractivity contribution in [2.75, 3.05) is 0 Å². The standard InChI is InChI=1S/C16H25IN2/c1-3-12-7-9-13(10-8-12)16(19-18)14-6-4-5-11(2)15(14)17/h4-6,12-13,16,19H,3,7-10,18H2,1-2H3. The first-order valence-corrected chi connectivity index (χ1v) is 8.46. The van der Waals surface area contributed by atoms with E-state index < -0.39 is 0 Å². The largest absolute Gasteiger partial charge is 0.271 e.